The van der Waals surface area contributed by atoms with Crippen molar-refractivity contribution in [1.82, 2.24) is 4.98 Å². The minimum absolute atomic E-state index is 1.03. The smallest absolute Gasteiger partial charge is 0.0353 e. The fraction of sp³-hybridized carbons (Fsp3) is 0.0930. The first kappa shape index (κ1) is 26.5. The molecular weight excluding hydrogens is 563 g/mol. The van der Waals surface area contributed by atoms with Gasteiger partial charge in [0.05, 0.1) is 0 Å². The van der Waals surface area contributed by atoms with E-state index in [0.29, 0.717) is 0 Å². The number of rotatable bonds is 4. The van der Waals surface area contributed by atoms with Gasteiger partial charge in [-0.05, 0) is 114 Å². The van der Waals surface area contributed by atoms with Gasteiger partial charge in [-0.1, -0.05) is 127 Å². The van der Waals surface area contributed by atoms with Crippen molar-refractivity contribution < 1.29 is 0 Å². The van der Waals surface area contributed by atoms with Gasteiger partial charge in [0.15, 0.2) is 0 Å². The normalized spacial score (nSPS) is 14.6. The van der Waals surface area contributed by atoms with E-state index in [-0.39, 0.29) is 0 Å². The molecule has 1 aromatic heterocycles. The number of hydrogen-bond donors (Lipinski definition) is 0. The molecule has 0 N–H and O–H groups in total. The summed E-state index contributed by atoms with van der Waals surface area (Å²) >= 11 is 1.96. The monoisotopic (exact) mass is 593 g/mol. The van der Waals surface area contributed by atoms with Crippen LogP contribution in [-0.2, 0) is 6.42 Å². The molecule has 2 aliphatic rings. The minimum Gasteiger partial charge on any atom is -0.264 e. The van der Waals surface area contributed by atoms with Crippen LogP contribution in [0.25, 0.3) is 65.9 Å². The molecule has 0 atom stereocenters. The molecule has 0 aliphatic heterocycles. The summed E-state index contributed by atoms with van der Waals surface area (Å²) < 4.78 is 0. The van der Waals surface area contributed by atoms with E-state index in [0.717, 1.165) is 25.7 Å². The molecule has 2 heteroatoms. The highest BCUT2D eigenvalue weighted by molar-refractivity contribution is 8.03. The maximum atomic E-state index is 4.71. The Morgan fingerprint density at radius 2 is 1.27 bits per heavy atom. The van der Waals surface area contributed by atoms with Crippen LogP contribution in [0.4, 0.5) is 0 Å². The van der Waals surface area contributed by atoms with E-state index in [1.807, 2.05) is 18.0 Å². The maximum absolute atomic E-state index is 4.71. The topological polar surface area (TPSA) is 12.9 Å². The molecule has 0 fully saturated rings. The van der Waals surface area contributed by atoms with Crippen molar-refractivity contribution in [2.24, 2.45) is 0 Å². The van der Waals surface area contributed by atoms with Gasteiger partial charge in [-0.15, -0.1) is 0 Å². The highest BCUT2D eigenvalue weighted by Crippen LogP contribution is 2.49. The molecule has 6 aromatic carbocycles. The number of thioether (sulfide) groups is 1. The molecule has 214 valence electrons. The van der Waals surface area contributed by atoms with Crippen molar-refractivity contribution >= 4 is 66.5 Å². The summed E-state index contributed by atoms with van der Waals surface area (Å²) in [6.07, 6.45) is 17.6. The second-order valence-electron chi connectivity index (χ2n) is 12.1. The van der Waals surface area contributed by atoms with Gasteiger partial charge in [0.2, 0.25) is 0 Å². The average molecular weight is 594 g/mol. The lowest BCUT2D eigenvalue weighted by Gasteiger charge is -2.22. The van der Waals surface area contributed by atoms with E-state index in [1.165, 1.54) is 86.3 Å². The lowest BCUT2D eigenvalue weighted by molar-refractivity contribution is 0.990. The summed E-state index contributed by atoms with van der Waals surface area (Å²) in [5, 5.41) is 10.3. The molecular formula is C43H31NS. The molecule has 2 aliphatic carbocycles. The first-order chi connectivity index (χ1) is 22.3. The lowest BCUT2D eigenvalue weighted by atomic mass is 9.84. The first-order valence-corrected chi connectivity index (χ1v) is 16.7. The molecule has 45 heavy (non-hydrogen) atoms. The number of nitrogens with zero attached hydrogens (tertiary/aromatic N) is 1. The zero-order chi connectivity index (χ0) is 29.7. The number of benzene rings is 6. The molecule has 0 amide bonds. The van der Waals surface area contributed by atoms with Crippen LogP contribution in [0.2, 0.25) is 0 Å². The van der Waals surface area contributed by atoms with Gasteiger partial charge in [0.25, 0.3) is 0 Å². The Hall–Kier alpha value is -4.92. The van der Waals surface area contributed by atoms with Crippen molar-refractivity contribution in [2.75, 3.05) is 0 Å². The van der Waals surface area contributed by atoms with Crippen LogP contribution in [-0.4, -0.2) is 4.98 Å². The van der Waals surface area contributed by atoms with E-state index < -0.39 is 0 Å². The molecule has 0 unspecified atom stereocenters. The molecule has 0 saturated carbocycles. The zero-order valence-electron chi connectivity index (χ0n) is 25.0. The van der Waals surface area contributed by atoms with Gasteiger partial charge in [0, 0.05) is 22.7 Å². The summed E-state index contributed by atoms with van der Waals surface area (Å²) in [5.41, 5.74) is 8.06. The maximum Gasteiger partial charge on any atom is 0.0353 e. The van der Waals surface area contributed by atoms with Crippen LogP contribution >= 0.6 is 11.8 Å². The fourth-order valence-electron chi connectivity index (χ4n) is 7.46. The number of aromatic nitrogens is 1. The quantitative estimate of drug-likeness (QED) is 0.188. The Kier molecular flexibility index (Phi) is 6.42. The fourth-order valence-corrected chi connectivity index (χ4v) is 8.79. The van der Waals surface area contributed by atoms with E-state index in [9.17, 15) is 0 Å². The van der Waals surface area contributed by atoms with Gasteiger partial charge in [-0.3, -0.25) is 4.98 Å². The van der Waals surface area contributed by atoms with Gasteiger partial charge < -0.3 is 0 Å². The predicted octanol–water partition coefficient (Wildman–Crippen LogP) is 12.2. The third-order valence-corrected chi connectivity index (χ3v) is 10.8. The van der Waals surface area contributed by atoms with Gasteiger partial charge in [0.1, 0.15) is 0 Å². The van der Waals surface area contributed by atoms with Crippen LogP contribution in [0.3, 0.4) is 0 Å². The average Bonchev–Trinajstić information content (AvgIpc) is 3.11. The lowest BCUT2D eigenvalue weighted by Crippen LogP contribution is -1.99. The van der Waals surface area contributed by atoms with Crippen molar-refractivity contribution in [1.29, 1.82) is 0 Å². The van der Waals surface area contributed by atoms with Gasteiger partial charge in [-0.2, -0.15) is 0 Å². The molecule has 0 saturated heterocycles. The highest BCUT2D eigenvalue weighted by atomic mass is 32.2. The molecule has 1 nitrogen and oxygen atoms in total. The van der Waals surface area contributed by atoms with Gasteiger partial charge in [-0.25, -0.2) is 0 Å². The molecule has 7 aromatic rings. The molecule has 1 heterocycles. The van der Waals surface area contributed by atoms with Crippen molar-refractivity contribution in [3.8, 4) is 11.1 Å². The standard InChI is InChI=1S/C43H31NS/c1-3-15-30-28(12-1)14-11-22-33(30)35-19-9-10-23-41(35)45-43-37-21-8-7-20-36(37)42(40-27-44-25-24-38(40)43)39-26-29-13-2-4-16-31(29)32-17-5-6-18-34(32)39/h1,3-9,11-12,14-22,24-27H,2,10,13,23H2. The number of aryl methyl sites for hydroxylation is 1. The Morgan fingerprint density at radius 3 is 2.18 bits per heavy atom. The van der Waals surface area contributed by atoms with Crippen LogP contribution < -0.4 is 0 Å². The summed E-state index contributed by atoms with van der Waals surface area (Å²) in [5.74, 6) is 0. The Balaban J connectivity index is 1.32. The number of fused-ring (bicyclic) bond motifs is 6. The van der Waals surface area contributed by atoms with Crippen LogP contribution in [0.1, 0.15) is 36.0 Å². The van der Waals surface area contributed by atoms with Crippen molar-refractivity contribution in [3.05, 3.63) is 155 Å². The summed E-state index contributed by atoms with van der Waals surface area (Å²) in [4.78, 5) is 7.46. The van der Waals surface area contributed by atoms with Crippen molar-refractivity contribution in [3.63, 3.8) is 0 Å². The molecule has 0 spiro atoms. The Morgan fingerprint density at radius 1 is 0.556 bits per heavy atom. The second-order valence-corrected chi connectivity index (χ2v) is 13.2. The predicted molar refractivity (Wildman–Crippen MR) is 195 cm³/mol. The second kappa shape index (κ2) is 10.9. The minimum atomic E-state index is 1.03. The van der Waals surface area contributed by atoms with Crippen molar-refractivity contribution in [2.45, 2.75) is 30.6 Å². The number of hydrogen-bond acceptors (Lipinski definition) is 2. The third-order valence-electron chi connectivity index (χ3n) is 9.51. The summed E-state index contributed by atoms with van der Waals surface area (Å²) in [7, 11) is 0. The third kappa shape index (κ3) is 4.35. The van der Waals surface area contributed by atoms with Gasteiger partial charge >= 0.3 is 0 Å². The van der Waals surface area contributed by atoms with Crippen LogP contribution in [0, 0.1) is 0 Å². The van der Waals surface area contributed by atoms with E-state index in [1.54, 1.807) is 0 Å². The molecule has 9 rings (SSSR count). The number of allylic oxidation sites excluding steroid dienone is 5. The Bertz CT molecular complexity index is 2350. The molecule has 0 bridgehead atoms. The summed E-state index contributed by atoms with van der Waals surface area (Å²) in [6.45, 7) is 0. The SMILES string of the molecule is C1=CC(c2cccc3ccccc23)=C(Sc2c3ccccc3c(-c3cc4c(c5ccccc35)C=CCC4)c3cnccc23)CC1. The Labute approximate surface area is 267 Å². The largest absolute Gasteiger partial charge is 0.264 e. The van der Waals surface area contributed by atoms with Crippen LogP contribution in [0.15, 0.2) is 144 Å². The first-order valence-electron chi connectivity index (χ1n) is 15.9. The zero-order valence-corrected chi connectivity index (χ0v) is 25.8. The van der Waals surface area contributed by atoms with E-state index in [4.69, 9.17) is 4.98 Å². The highest BCUT2D eigenvalue weighted by Gasteiger charge is 2.22. The van der Waals surface area contributed by atoms with E-state index >= 15 is 0 Å². The molecule has 0 radical (unpaired) electrons. The van der Waals surface area contributed by atoms with Crippen LogP contribution in [0.5, 0.6) is 0 Å². The van der Waals surface area contributed by atoms with E-state index in [2.05, 4.69) is 134 Å². The number of pyridine rings is 1. The summed E-state index contributed by atoms with van der Waals surface area (Å²) in [6, 6.07) is 38.1.